The van der Waals surface area contributed by atoms with Crippen LogP contribution in [0, 0.1) is 5.92 Å². The summed E-state index contributed by atoms with van der Waals surface area (Å²) < 4.78 is 5.60. The Hall–Kier alpha value is -1.26. The average molecular weight is 311 g/mol. The van der Waals surface area contributed by atoms with E-state index in [9.17, 15) is 4.79 Å². The number of benzene rings is 1. The summed E-state index contributed by atoms with van der Waals surface area (Å²) in [6.07, 6.45) is 3.08. The first-order valence-electron chi connectivity index (χ1n) is 7.55. The predicted molar refractivity (Wildman–Crippen MR) is 85.1 cm³/mol. The molecule has 1 amide bonds. The summed E-state index contributed by atoms with van der Waals surface area (Å²) >= 11 is 0. The van der Waals surface area contributed by atoms with E-state index in [2.05, 4.69) is 10.6 Å². The molecule has 0 saturated carbocycles. The number of ether oxygens (including phenoxy) is 1. The molecule has 21 heavy (non-hydrogen) atoms. The molecule has 2 heterocycles. The molecule has 2 N–H and O–H groups in total. The lowest BCUT2D eigenvalue weighted by atomic mass is 9.92. The summed E-state index contributed by atoms with van der Waals surface area (Å²) in [6, 6.07) is 7.86. The molecule has 1 saturated heterocycles. The van der Waals surface area contributed by atoms with Crippen LogP contribution in [0.15, 0.2) is 24.3 Å². The Morgan fingerprint density at radius 2 is 2.19 bits per heavy atom. The summed E-state index contributed by atoms with van der Waals surface area (Å²) in [6.45, 7) is 3.62. The zero-order valence-corrected chi connectivity index (χ0v) is 13.0. The summed E-state index contributed by atoms with van der Waals surface area (Å²) in [5.41, 5.74) is 1.03. The Labute approximate surface area is 132 Å². The fraction of sp³-hybridized carbons (Fsp3) is 0.562. The molecule has 0 spiro atoms. The molecule has 1 aromatic carbocycles. The second kappa shape index (κ2) is 7.66. The number of carbonyl (C=O) groups excluding carboxylic acids is 1. The van der Waals surface area contributed by atoms with Crippen molar-refractivity contribution >= 4 is 18.3 Å². The Kier molecular flexibility index (Phi) is 5.88. The number of rotatable bonds is 4. The van der Waals surface area contributed by atoms with Crippen molar-refractivity contribution in [3.05, 3.63) is 29.8 Å². The summed E-state index contributed by atoms with van der Waals surface area (Å²) in [4.78, 5) is 12.4. The van der Waals surface area contributed by atoms with Crippen LogP contribution in [0.3, 0.4) is 0 Å². The van der Waals surface area contributed by atoms with Crippen molar-refractivity contribution in [2.75, 3.05) is 26.2 Å². The average Bonchev–Trinajstić information content (AvgIpc) is 3.00. The van der Waals surface area contributed by atoms with Crippen molar-refractivity contribution in [2.45, 2.75) is 25.2 Å². The second-order valence-electron chi connectivity index (χ2n) is 5.67. The van der Waals surface area contributed by atoms with Crippen LogP contribution in [0.5, 0.6) is 5.75 Å². The van der Waals surface area contributed by atoms with Crippen molar-refractivity contribution in [1.82, 2.24) is 10.6 Å². The van der Waals surface area contributed by atoms with E-state index in [0.29, 0.717) is 6.61 Å². The fourth-order valence-corrected chi connectivity index (χ4v) is 3.10. The molecule has 0 bridgehead atoms. The van der Waals surface area contributed by atoms with E-state index in [1.807, 2.05) is 24.3 Å². The molecule has 1 fully saturated rings. The Morgan fingerprint density at radius 3 is 3.00 bits per heavy atom. The smallest absolute Gasteiger partial charge is 0.227 e. The lowest BCUT2D eigenvalue weighted by molar-refractivity contribution is -0.123. The monoisotopic (exact) mass is 310 g/mol. The highest BCUT2D eigenvalue weighted by Crippen LogP contribution is 2.33. The minimum Gasteiger partial charge on any atom is -0.493 e. The van der Waals surface area contributed by atoms with Gasteiger partial charge in [-0.1, -0.05) is 18.2 Å². The van der Waals surface area contributed by atoms with Crippen LogP contribution >= 0.6 is 12.4 Å². The maximum atomic E-state index is 12.4. The van der Waals surface area contributed by atoms with Gasteiger partial charge in [0.1, 0.15) is 5.75 Å². The van der Waals surface area contributed by atoms with Crippen molar-refractivity contribution in [2.24, 2.45) is 5.92 Å². The Morgan fingerprint density at radius 1 is 1.33 bits per heavy atom. The van der Waals surface area contributed by atoms with E-state index in [1.54, 1.807) is 0 Å². The molecule has 3 rings (SSSR count). The highest BCUT2D eigenvalue weighted by Gasteiger charge is 2.27. The molecular weight excluding hydrogens is 288 g/mol. The minimum absolute atomic E-state index is 0. The van der Waals surface area contributed by atoms with Crippen molar-refractivity contribution in [3.63, 3.8) is 0 Å². The van der Waals surface area contributed by atoms with Gasteiger partial charge in [0.05, 0.1) is 12.5 Å². The van der Waals surface area contributed by atoms with Gasteiger partial charge >= 0.3 is 0 Å². The molecule has 2 aliphatic heterocycles. The lowest BCUT2D eigenvalue weighted by Gasteiger charge is -2.25. The van der Waals surface area contributed by atoms with Gasteiger partial charge in [0.25, 0.3) is 0 Å². The van der Waals surface area contributed by atoms with Gasteiger partial charge in [0.15, 0.2) is 0 Å². The number of nitrogens with one attached hydrogen (secondary N) is 2. The number of para-hydroxylation sites is 1. The van der Waals surface area contributed by atoms with Gasteiger partial charge in [-0.3, -0.25) is 4.79 Å². The summed E-state index contributed by atoms with van der Waals surface area (Å²) in [5, 5.41) is 6.46. The first-order valence-corrected chi connectivity index (χ1v) is 7.55. The Bertz CT molecular complexity index is 475. The van der Waals surface area contributed by atoms with Crippen LogP contribution in [-0.2, 0) is 4.79 Å². The first kappa shape index (κ1) is 16.1. The Balaban J connectivity index is 0.00000161. The number of hydrogen-bond acceptors (Lipinski definition) is 3. The van der Waals surface area contributed by atoms with E-state index < -0.39 is 0 Å². The fourth-order valence-electron chi connectivity index (χ4n) is 3.10. The van der Waals surface area contributed by atoms with E-state index in [1.165, 1.54) is 6.42 Å². The van der Waals surface area contributed by atoms with Gasteiger partial charge in [0.2, 0.25) is 5.91 Å². The third-order valence-corrected chi connectivity index (χ3v) is 4.29. The molecule has 0 radical (unpaired) electrons. The topological polar surface area (TPSA) is 50.4 Å². The first-order chi connectivity index (χ1) is 9.84. The molecule has 2 unspecified atom stereocenters. The maximum Gasteiger partial charge on any atom is 0.227 e. The molecule has 0 aliphatic carbocycles. The normalized spacial score (nSPS) is 23.6. The van der Waals surface area contributed by atoms with Crippen LogP contribution < -0.4 is 15.4 Å². The highest BCUT2D eigenvalue weighted by atomic mass is 35.5. The molecule has 5 heteroatoms. The van der Waals surface area contributed by atoms with Crippen LogP contribution in [0.1, 0.15) is 30.7 Å². The van der Waals surface area contributed by atoms with Gasteiger partial charge in [-0.2, -0.15) is 0 Å². The van der Waals surface area contributed by atoms with Crippen LogP contribution in [0.4, 0.5) is 0 Å². The lowest BCUT2D eigenvalue weighted by Crippen LogP contribution is -2.33. The van der Waals surface area contributed by atoms with Gasteiger partial charge in [-0.05, 0) is 44.3 Å². The third-order valence-electron chi connectivity index (χ3n) is 4.29. The number of carbonyl (C=O) groups is 1. The number of fused-ring (bicyclic) bond motifs is 1. The highest BCUT2D eigenvalue weighted by molar-refractivity contribution is 5.85. The molecular formula is C16H23ClN2O2. The number of amides is 1. The zero-order valence-electron chi connectivity index (χ0n) is 12.1. The van der Waals surface area contributed by atoms with Crippen LogP contribution in [0.25, 0.3) is 0 Å². The van der Waals surface area contributed by atoms with Crippen molar-refractivity contribution in [3.8, 4) is 5.75 Å². The summed E-state index contributed by atoms with van der Waals surface area (Å²) in [7, 11) is 0. The second-order valence-corrected chi connectivity index (χ2v) is 5.67. The quantitative estimate of drug-likeness (QED) is 0.895. The van der Waals surface area contributed by atoms with Crippen molar-refractivity contribution in [1.29, 1.82) is 0 Å². The van der Waals surface area contributed by atoms with Crippen molar-refractivity contribution < 1.29 is 9.53 Å². The molecule has 4 nitrogen and oxygen atoms in total. The minimum atomic E-state index is -0.0540. The van der Waals surface area contributed by atoms with Crippen LogP contribution in [0.2, 0.25) is 0 Å². The molecule has 2 aliphatic rings. The summed E-state index contributed by atoms with van der Waals surface area (Å²) in [5.74, 6) is 1.67. The molecule has 1 aromatic rings. The van der Waals surface area contributed by atoms with E-state index in [-0.39, 0.29) is 24.2 Å². The van der Waals surface area contributed by atoms with E-state index in [4.69, 9.17) is 4.74 Å². The SMILES string of the molecule is Cl.O=C(NCCC1CCNC1)C1CCOc2ccccc21. The molecule has 2 atom stereocenters. The van der Waals surface area contributed by atoms with Crippen LogP contribution in [-0.4, -0.2) is 32.1 Å². The number of hydrogen-bond donors (Lipinski definition) is 2. The van der Waals surface area contributed by atoms with Gasteiger partial charge in [-0.15, -0.1) is 12.4 Å². The van der Waals surface area contributed by atoms with Gasteiger partial charge in [-0.25, -0.2) is 0 Å². The maximum absolute atomic E-state index is 12.4. The van der Waals surface area contributed by atoms with E-state index >= 15 is 0 Å². The zero-order chi connectivity index (χ0) is 13.8. The largest absolute Gasteiger partial charge is 0.493 e. The molecule has 116 valence electrons. The third kappa shape index (κ3) is 3.89. The molecule has 0 aromatic heterocycles. The standard InChI is InChI=1S/C16H22N2O2.ClH/c19-16(18-9-6-12-5-8-17-11-12)14-7-10-20-15-4-2-1-3-13(14)15;/h1-4,12,14,17H,5-11H2,(H,18,19);1H. The number of halogens is 1. The predicted octanol–water partition coefficient (Wildman–Crippen LogP) is 2.09. The van der Waals surface area contributed by atoms with E-state index in [0.717, 1.165) is 49.7 Å². The van der Waals surface area contributed by atoms with Gasteiger partial charge in [0, 0.05) is 12.1 Å². The van der Waals surface area contributed by atoms with Gasteiger partial charge < -0.3 is 15.4 Å².